The Morgan fingerprint density at radius 3 is 1.34 bits per heavy atom. The minimum Gasteiger partial charge on any atom is -0.0651 e. The van der Waals surface area contributed by atoms with Gasteiger partial charge < -0.3 is 0 Å². The maximum Gasteiger partial charge on any atom is 0.00312 e. The van der Waals surface area contributed by atoms with Crippen LogP contribution in [0.15, 0.2) is 78.9 Å². The van der Waals surface area contributed by atoms with E-state index >= 15 is 0 Å². The predicted molar refractivity (Wildman–Crippen MR) is 127 cm³/mol. The fourth-order valence-corrected chi connectivity index (χ4v) is 4.73. The maximum atomic E-state index is 2.37. The van der Waals surface area contributed by atoms with Gasteiger partial charge in [0.2, 0.25) is 0 Å². The highest BCUT2D eigenvalue weighted by atomic mass is 14.4. The van der Waals surface area contributed by atoms with Crippen molar-refractivity contribution in [1.82, 2.24) is 0 Å². The Labute approximate surface area is 178 Å². The second-order valence-electron chi connectivity index (χ2n) is 8.39. The van der Waals surface area contributed by atoms with Crippen molar-refractivity contribution in [2.75, 3.05) is 0 Å². The van der Waals surface area contributed by atoms with E-state index < -0.39 is 0 Å². The van der Waals surface area contributed by atoms with Crippen molar-refractivity contribution < 1.29 is 0 Å². The predicted octanol–water partition coefficient (Wildman–Crippen LogP) is 7.72. The van der Waals surface area contributed by atoms with E-state index in [-0.39, 0.29) is 5.41 Å². The Morgan fingerprint density at radius 1 is 0.517 bits per heavy atom. The highest BCUT2D eigenvalue weighted by molar-refractivity contribution is 5.38. The van der Waals surface area contributed by atoms with Gasteiger partial charge in [0.1, 0.15) is 0 Å². The summed E-state index contributed by atoms with van der Waals surface area (Å²) in [5.74, 6) is 0. The third kappa shape index (κ3) is 5.18. The summed E-state index contributed by atoms with van der Waals surface area (Å²) < 4.78 is 0. The minimum absolute atomic E-state index is 0.120. The quantitative estimate of drug-likeness (QED) is 0.335. The third-order valence-electron chi connectivity index (χ3n) is 6.40. The summed E-state index contributed by atoms with van der Waals surface area (Å²) in [6.45, 7) is 6.93. The fourth-order valence-electron chi connectivity index (χ4n) is 4.73. The molecule has 0 N–H and O–H groups in total. The molecule has 0 aliphatic rings. The second-order valence-corrected chi connectivity index (χ2v) is 8.39. The summed E-state index contributed by atoms with van der Waals surface area (Å²) in [7, 11) is 0. The molecule has 0 radical (unpaired) electrons. The van der Waals surface area contributed by atoms with Crippen LogP contribution >= 0.6 is 0 Å². The van der Waals surface area contributed by atoms with Crippen molar-refractivity contribution in [3.05, 3.63) is 107 Å². The average molecular weight is 385 g/mol. The van der Waals surface area contributed by atoms with Gasteiger partial charge in [-0.1, -0.05) is 112 Å². The van der Waals surface area contributed by atoms with E-state index in [0.29, 0.717) is 0 Å². The number of benzene rings is 3. The number of rotatable bonds is 10. The number of aryl methyl sites for hydroxylation is 2. The van der Waals surface area contributed by atoms with Gasteiger partial charge in [0.15, 0.2) is 0 Å². The van der Waals surface area contributed by atoms with E-state index in [9.17, 15) is 0 Å². The van der Waals surface area contributed by atoms with Crippen LogP contribution in [0.3, 0.4) is 0 Å². The third-order valence-corrected chi connectivity index (χ3v) is 6.40. The first-order valence-corrected chi connectivity index (χ1v) is 11.4. The van der Waals surface area contributed by atoms with Gasteiger partial charge in [-0.2, -0.15) is 0 Å². The average Bonchev–Trinajstić information content (AvgIpc) is 2.77. The number of hydrogen-bond donors (Lipinski definition) is 0. The molecule has 0 amide bonds. The summed E-state index contributed by atoms with van der Waals surface area (Å²) in [6, 6.07) is 29.4. The molecule has 0 spiro atoms. The van der Waals surface area contributed by atoms with Crippen molar-refractivity contribution >= 4 is 0 Å². The standard InChI is InChI=1S/C29H36/c1-4-14-24-16-10-12-18-26(24)22-29(6-3,28-20-8-7-9-21-28)23-27-19-13-11-17-25(27)15-5-2/h7-13,16-21H,4-6,14-15,22-23H2,1-3H3. The van der Waals surface area contributed by atoms with E-state index in [1.54, 1.807) is 0 Å². The molecule has 0 saturated heterocycles. The Morgan fingerprint density at radius 2 is 0.931 bits per heavy atom. The van der Waals surface area contributed by atoms with Crippen LogP contribution in [0.1, 0.15) is 67.9 Å². The lowest BCUT2D eigenvalue weighted by molar-refractivity contribution is 0.401. The van der Waals surface area contributed by atoms with Crippen molar-refractivity contribution in [3.63, 3.8) is 0 Å². The monoisotopic (exact) mass is 384 g/mol. The molecule has 0 aliphatic carbocycles. The largest absolute Gasteiger partial charge is 0.0651 e. The molecule has 0 nitrogen and oxygen atoms in total. The summed E-state index contributed by atoms with van der Waals surface area (Å²) in [5, 5.41) is 0. The SMILES string of the molecule is CCCc1ccccc1CC(CC)(Cc1ccccc1CCC)c1ccccc1. The lowest BCUT2D eigenvalue weighted by atomic mass is 9.68. The molecule has 152 valence electrons. The van der Waals surface area contributed by atoms with Gasteiger partial charge >= 0.3 is 0 Å². The fraction of sp³-hybridized carbons (Fsp3) is 0.379. The van der Waals surface area contributed by atoms with E-state index in [1.807, 2.05) is 0 Å². The van der Waals surface area contributed by atoms with Crippen LogP contribution in [-0.4, -0.2) is 0 Å². The Balaban J connectivity index is 2.06. The first-order valence-electron chi connectivity index (χ1n) is 11.4. The maximum absolute atomic E-state index is 2.37. The van der Waals surface area contributed by atoms with Crippen molar-refractivity contribution in [1.29, 1.82) is 0 Å². The lowest BCUT2D eigenvalue weighted by Crippen LogP contribution is -2.32. The van der Waals surface area contributed by atoms with Crippen LogP contribution in [0.2, 0.25) is 0 Å². The molecule has 0 atom stereocenters. The van der Waals surface area contributed by atoms with Gasteiger partial charge in [-0.15, -0.1) is 0 Å². The van der Waals surface area contributed by atoms with E-state index in [2.05, 4.69) is 99.6 Å². The van der Waals surface area contributed by atoms with Gasteiger partial charge in [-0.05, 0) is 59.9 Å². The molecule has 0 bridgehead atoms. The molecule has 0 aromatic heterocycles. The molecular formula is C29H36. The zero-order chi connectivity index (χ0) is 20.5. The van der Waals surface area contributed by atoms with E-state index in [1.165, 1.54) is 40.7 Å². The van der Waals surface area contributed by atoms with Crippen LogP contribution in [0.25, 0.3) is 0 Å². The lowest BCUT2D eigenvalue weighted by Gasteiger charge is -2.35. The molecule has 0 saturated carbocycles. The van der Waals surface area contributed by atoms with Gasteiger partial charge in [0.25, 0.3) is 0 Å². The van der Waals surface area contributed by atoms with Crippen molar-refractivity contribution in [3.8, 4) is 0 Å². The van der Waals surface area contributed by atoms with Gasteiger partial charge in [0.05, 0.1) is 0 Å². The summed E-state index contributed by atoms with van der Waals surface area (Å²) >= 11 is 0. The van der Waals surface area contributed by atoms with E-state index in [0.717, 1.165) is 32.1 Å². The zero-order valence-corrected chi connectivity index (χ0v) is 18.5. The first kappa shape index (κ1) is 21.4. The summed E-state index contributed by atoms with van der Waals surface area (Å²) in [6.07, 6.45) is 8.06. The van der Waals surface area contributed by atoms with Crippen LogP contribution in [0, 0.1) is 0 Å². The molecule has 0 heterocycles. The van der Waals surface area contributed by atoms with Crippen molar-refractivity contribution in [2.24, 2.45) is 0 Å². The van der Waals surface area contributed by atoms with Crippen LogP contribution in [0.5, 0.6) is 0 Å². The Hall–Kier alpha value is -2.34. The van der Waals surface area contributed by atoms with Gasteiger partial charge in [-0.3, -0.25) is 0 Å². The molecule has 3 aromatic rings. The minimum atomic E-state index is 0.120. The molecule has 29 heavy (non-hydrogen) atoms. The van der Waals surface area contributed by atoms with Gasteiger partial charge in [0, 0.05) is 5.41 Å². The highest BCUT2D eigenvalue weighted by Crippen LogP contribution is 2.37. The Kier molecular flexibility index (Phi) is 7.69. The topological polar surface area (TPSA) is 0 Å². The zero-order valence-electron chi connectivity index (χ0n) is 18.5. The van der Waals surface area contributed by atoms with Crippen LogP contribution in [0.4, 0.5) is 0 Å². The van der Waals surface area contributed by atoms with E-state index in [4.69, 9.17) is 0 Å². The van der Waals surface area contributed by atoms with Crippen LogP contribution in [-0.2, 0) is 31.1 Å². The summed E-state index contributed by atoms with van der Waals surface area (Å²) in [4.78, 5) is 0. The van der Waals surface area contributed by atoms with Crippen molar-refractivity contribution in [2.45, 2.75) is 71.1 Å². The smallest absolute Gasteiger partial charge is 0.00312 e. The highest BCUT2D eigenvalue weighted by Gasteiger charge is 2.32. The molecule has 3 aromatic carbocycles. The first-order chi connectivity index (χ1) is 14.2. The second kappa shape index (κ2) is 10.4. The molecule has 0 aliphatic heterocycles. The molecule has 0 fully saturated rings. The Bertz CT molecular complexity index is 824. The molecule has 3 rings (SSSR count). The molecule has 0 heteroatoms. The van der Waals surface area contributed by atoms with Gasteiger partial charge in [-0.25, -0.2) is 0 Å². The normalized spacial score (nSPS) is 11.6. The number of hydrogen-bond acceptors (Lipinski definition) is 0. The summed E-state index contributed by atoms with van der Waals surface area (Å²) in [5.41, 5.74) is 7.67. The molecule has 0 unspecified atom stereocenters. The molecular weight excluding hydrogens is 348 g/mol. The van der Waals surface area contributed by atoms with Crippen LogP contribution < -0.4 is 0 Å².